The van der Waals surface area contributed by atoms with Crippen LogP contribution >= 0.6 is 11.6 Å². The Hall–Kier alpha value is -2.38. The number of nitrogens with one attached hydrogen (secondary N) is 2. The second-order valence-electron chi connectivity index (χ2n) is 7.67. The average molecular weight is 435 g/mol. The summed E-state index contributed by atoms with van der Waals surface area (Å²) in [6, 6.07) is 10.6. The van der Waals surface area contributed by atoms with E-state index >= 15 is 0 Å². The van der Waals surface area contributed by atoms with Crippen molar-refractivity contribution < 1.29 is 18.0 Å². The molecule has 2 aromatic carbocycles. The van der Waals surface area contributed by atoms with Crippen molar-refractivity contribution in [1.29, 1.82) is 0 Å². The lowest BCUT2D eigenvalue weighted by Gasteiger charge is -2.22. The first-order chi connectivity index (χ1) is 13.6. The number of hydrogen-bond acceptors (Lipinski definition) is 4. The van der Waals surface area contributed by atoms with Crippen LogP contribution in [0.5, 0.6) is 0 Å². The summed E-state index contributed by atoms with van der Waals surface area (Å²) in [5, 5.41) is 5.84. The van der Waals surface area contributed by atoms with Crippen molar-refractivity contribution in [1.82, 2.24) is 0 Å². The molecule has 0 atom stereocenters. The maximum atomic E-state index is 12.5. The van der Waals surface area contributed by atoms with Gasteiger partial charge in [-0.05, 0) is 49.2 Å². The summed E-state index contributed by atoms with van der Waals surface area (Å²) in [6.45, 7) is 1.97. The highest BCUT2D eigenvalue weighted by molar-refractivity contribution is 7.90. The highest BCUT2D eigenvalue weighted by Gasteiger charge is 2.36. The fourth-order valence-corrected chi connectivity index (χ4v) is 4.32. The Morgan fingerprint density at radius 3 is 2.34 bits per heavy atom. The first-order valence-electron chi connectivity index (χ1n) is 9.31. The normalized spacial score (nSPS) is 15.7. The minimum absolute atomic E-state index is 0.0274. The van der Waals surface area contributed by atoms with Gasteiger partial charge >= 0.3 is 0 Å². The highest BCUT2D eigenvalue weighted by Crippen LogP contribution is 2.38. The van der Waals surface area contributed by atoms with Crippen LogP contribution in [0, 0.1) is 5.41 Å². The molecule has 0 aromatic heterocycles. The van der Waals surface area contributed by atoms with Crippen LogP contribution < -0.4 is 10.6 Å². The van der Waals surface area contributed by atoms with Crippen molar-refractivity contribution in [3.8, 4) is 0 Å². The molecule has 0 radical (unpaired) electrons. The molecule has 0 spiro atoms. The van der Waals surface area contributed by atoms with Crippen LogP contribution in [-0.2, 0) is 14.6 Å². The van der Waals surface area contributed by atoms with Gasteiger partial charge in [-0.25, -0.2) is 8.42 Å². The number of benzene rings is 2. The smallest absolute Gasteiger partial charge is 0.255 e. The van der Waals surface area contributed by atoms with Gasteiger partial charge in [0.1, 0.15) is 0 Å². The molecular weight excluding hydrogens is 412 g/mol. The van der Waals surface area contributed by atoms with Crippen molar-refractivity contribution in [2.24, 2.45) is 5.41 Å². The van der Waals surface area contributed by atoms with E-state index in [0.717, 1.165) is 31.9 Å². The maximum absolute atomic E-state index is 12.5. The predicted octanol–water partition coefficient (Wildman–Crippen LogP) is 4.51. The molecular formula is C21H23ClN2O4S. The van der Waals surface area contributed by atoms with E-state index in [1.807, 2.05) is 6.92 Å². The summed E-state index contributed by atoms with van der Waals surface area (Å²) >= 11 is 6.28. The van der Waals surface area contributed by atoms with Crippen molar-refractivity contribution in [2.75, 3.05) is 16.9 Å². The zero-order valence-electron chi connectivity index (χ0n) is 16.3. The Kier molecular flexibility index (Phi) is 6.00. The molecule has 0 aliphatic heterocycles. The van der Waals surface area contributed by atoms with Gasteiger partial charge in [-0.3, -0.25) is 9.59 Å². The Morgan fingerprint density at radius 1 is 1.03 bits per heavy atom. The number of carbonyl (C=O) groups excluding carboxylic acids is 2. The van der Waals surface area contributed by atoms with E-state index in [9.17, 15) is 18.0 Å². The number of hydrogen-bond donors (Lipinski definition) is 2. The Labute approximate surface area is 175 Å². The molecule has 154 valence electrons. The molecule has 2 N–H and O–H groups in total. The fraction of sp³-hybridized carbons (Fsp3) is 0.333. The van der Waals surface area contributed by atoms with E-state index in [0.29, 0.717) is 11.4 Å². The van der Waals surface area contributed by atoms with E-state index in [4.69, 9.17) is 11.6 Å². The van der Waals surface area contributed by atoms with Crippen LogP contribution in [0.25, 0.3) is 0 Å². The monoisotopic (exact) mass is 434 g/mol. The van der Waals surface area contributed by atoms with Gasteiger partial charge in [0.25, 0.3) is 5.91 Å². The number of carbonyl (C=O) groups is 2. The molecule has 2 amide bonds. The largest absolute Gasteiger partial charge is 0.326 e. The summed E-state index contributed by atoms with van der Waals surface area (Å²) in [5.41, 5.74) is 0.775. The van der Waals surface area contributed by atoms with Crippen LogP contribution in [-0.4, -0.2) is 26.5 Å². The van der Waals surface area contributed by atoms with Gasteiger partial charge in [-0.2, -0.15) is 0 Å². The van der Waals surface area contributed by atoms with Crippen molar-refractivity contribution in [3.63, 3.8) is 0 Å². The van der Waals surface area contributed by atoms with Gasteiger partial charge in [0, 0.05) is 22.9 Å². The summed E-state index contributed by atoms with van der Waals surface area (Å²) in [6.07, 6.45) is 4.92. The van der Waals surface area contributed by atoms with Gasteiger partial charge in [-0.1, -0.05) is 37.4 Å². The number of anilines is 2. The molecule has 3 rings (SSSR count). The summed E-state index contributed by atoms with van der Waals surface area (Å²) < 4.78 is 23.4. The third-order valence-electron chi connectivity index (χ3n) is 5.25. The average Bonchev–Trinajstić information content (AvgIpc) is 3.11. The minimum atomic E-state index is -3.42. The fourth-order valence-electron chi connectivity index (χ4n) is 3.42. The van der Waals surface area contributed by atoms with Crippen LogP contribution in [0.1, 0.15) is 43.0 Å². The molecule has 0 bridgehead atoms. The Morgan fingerprint density at radius 2 is 1.72 bits per heavy atom. The van der Waals surface area contributed by atoms with Crippen molar-refractivity contribution >= 4 is 44.6 Å². The van der Waals surface area contributed by atoms with Gasteiger partial charge in [0.2, 0.25) is 5.91 Å². The first kappa shape index (κ1) is 21.3. The quantitative estimate of drug-likeness (QED) is 0.723. The van der Waals surface area contributed by atoms with E-state index in [1.54, 1.807) is 18.2 Å². The third-order valence-corrected chi connectivity index (χ3v) is 6.68. The zero-order chi connectivity index (χ0) is 21.2. The lowest BCUT2D eigenvalue weighted by atomic mass is 9.88. The number of amides is 2. The van der Waals surface area contributed by atoms with Crippen LogP contribution in [0.15, 0.2) is 47.4 Å². The Balaban J connectivity index is 1.72. The number of sulfone groups is 1. The van der Waals surface area contributed by atoms with Crippen LogP contribution in [0.2, 0.25) is 5.02 Å². The molecule has 1 saturated carbocycles. The van der Waals surface area contributed by atoms with Gasteiger partial charge < -0.3 is 10.6 Å². The summed E-state index contributed by atoms with van der Waals surface area (Å²) in [4.78, 5) is 25.1. The first-order valence-corrected chi connectivity index (χ1v) is 11.6. The molecule has 29 heavy (non-hydrogen) atoms. The Bertz CT molecular complexity index is 1060. The molecule has 1 aliphatic carbocycles. The number of rotatable bonds is 5. The maximum Gasteiger partial charge on any atom is 0.255 e. The summed E-state index contributed by atoms with van der Waals surface area (Å²) in [5.74, 6) is -0.506. The molecule has 0 saturated heterocycles. The third kappa shape index (κ3) is 4.97. The molecule has 0 unspecified atom stereocenters. The standard InChI is InChI=1S/C21H23ClN2O4S/c1-21(10-3-4-11-21)20(26)23-15-8-9-18(17(22)13-15)24-19(25)14-6-5-7-16(12-14)29(2,27)28/h5-9,12-13H,3-4,10-11H2,1-2H3,(H,23,26)(H,24,25). The topological polar surface area (TPSA) is 92.3 Å². The van der Waals surface area contributed by atoms with Crippen molar-refractivity contribution in [2.45, 2.75) is 37.5 Å². The second kappa shape index (κ2) is 8.16. The SMILES string of the molecule is CC1(C(=O)Nc2ccc(NC(=O)c3cccc(S(C)(=O)=O)c3)c(Cl)c2)CCCC1. The van der Waals surface area contributed by atoms with E-state index in [-0.39, 0.29) is 26.8 Å². The zero-order valence-corrected chi connectivity index (χ0v) is 17.9. The predicted molar refractivity (Wildman–Crippen MR) is 114 cm³/mol. The van der Waals surface area contributed by atoms with Gasteiger partial charge in [0.05, 0.1) is 15.6 Å². The molecule has 2 aromatic rings. The van der Waals surface area contributed by atoms with Crippen LogP contribution in [0.4, 0.5) is 11.4 Å². The molecule has 6 nitrogen and oxygen atoms in total. The van der Waals surface area contributed by atoms with E-state index in [2.05, 4.69) is 10.6 Å². The van der Waals surface area contributed by atoms with Crippen LogP contribution in [0.3, 0.4) is 0 Å². The minimum Gasteiger partial charge on any atom is -0.326 e. The van der Waals surface area contributed by atoms with Crippen molar-refractivity contribution in [3.05, 3.63) is 53.1 Å². The lowest BCUT2D eigenvalue weighted by molar-refractivity contribution is -0.124. The number of halogens is 1. The summed E-state index contributed by atoms with van der Waals surface area (Å²) in [7, 11) is -3.42. The highest BCUT2D eigenvalue weighted by atomic mass is 35.5. The molecule has 0 heterocycles. The molecule has 8 heteroatoms. The lowest BCUT2D eigenvalue weighted by Crippen LogP contribution is -2.30. The van der Waals surface area contributed by atoms with E-state index in [1.165, 1.54) is 24.3 Å². The van der Waals surface area contributed by atoms with E-state index < -0.39 is 15.7 Å². The molecule has 1 aliphatic rings. The van der Waals surface area contributed by atoms with Gasteiger partial charge in [0.15, 0.2) is 9.84 Å². The molecule has 1 fully saturated rings. The second-order valence-corrected chi connectivity index (χ2v) is 10.1. The van der Waals surface area contributed by atoms with Gasteiger partial charge in [-0.15, -0.1) is 0 Å².